The fraction of sp³-hybridized carbons (Fsp3) is 0.111. The summed E-state index contributed by atoms with van der Waals surface area (Å²) >= 11 is 1.22. The van der Waals surface area contributed by atoms with E-state index in [-0.39, 0.29) is 0 Å². The third-order valence-corrected chi connectivity index (χ3v) is 4.55. The summed E-state index contributed by atoms with van der Waals surface area (Å²) in [6.07, 6.45) is 0. The summed E-state index contributed by atoms with van der Waals surface area (Å²) in [6.45, 7) is 0. The van der Waals surface area contributed by atoms with E-state index >= 15 is 0 Å². The maximum atomic E-state index is 10.8. The first-order valence-corrected chi connectivity index (χ1v) is 8.22. The van der Waals surface area contributed by atoms with Gasteiger partial charge in [0.25, 0.3) is 5.91 Å². The summed E-state index contributed by atoms with van der Waals surface area (Å²) in [6, 6.07) is 11.9. The van der Waals surface area contributed by atoms with Crippen molar-refractivity contribution in [2.45, 2.75) is 0 Å². The van der Waals surface area contributed by atoms with E-state index < -0.39 is 11.9 Å². The zero-order valence-electron chi connectivity index (χ0n) is 14.2. The van der Waals surface area contributed by atoms with E-state index in [1.54, 1.807) is 56.7 Å². The highest BCUT2D eigenvalue weighted by Gasteiger charge is 2.12. The number of para-hydroxylation sites is 1. The predicted molar refractivity (Wildman–Crippen MR) is 101 cm³/mol. The number of nitrogen functional groups attached to an aromatic ring is 1. The van der Waals surface area contributed by atoms with Gasteiger partial charge in [-0.15, -0.1) is 11.3 Å². The number of benzene rings is 2. The summed E-state index contributed by atoms with van der Waals surface area (Å²) in [5.41, 5.74) is 11.2. The van der Waals surface area contributed by atoms with Crippen LogP contribution in [0.3, 0.4) is 0 Å². The molecule has 0 saturated carbocycles. The number of carboxylic acid groups (broad SMARTS) is 1. The lowest BCUT2D eigenvalue weighted by Crippen LogP contribution is -2.12. The van der Waals surface area contributed by atoms with Crippen molar-refractivity contribution >= 4 is 39.0 Å². The van der Waals surface area contributed by atoms with Gasteiger partial charge in [0.1, 0.15) is 4.88 Å². The van der Waals surface area contributed by atoms with Crippen molar-refractivity contribution in [2.75, 3.05) is 20.0 Å². The molecule has 8 heteroatoms. The largest absolute Gasteiger partial charge is 0.493 e. The van der Waals surface area contributed by atoms with Gasteiger partial charge in [-0.25, -0.2) is 4.79 Å². The molecule has 7 nitrogen and oxygen atoms in total. The Morgan fingerprint density at radius 1 is 1.04 bits per heavy atom. The van der Waals surface area contributed by atoms with Crippen molar-refractivity contribution in [3.63, 3.8) is 0 Å². The highest BCUT2D eigenvalue weighted by atomic mass is 32.1. The molecule has 136 valence electrons. The van der Waals surface area contributed by atoms with Crippen molar-refractivity contribution in [3.8, 4) is 11.5 Å². The number of fused-ring (bicyclic) bond motifs is 1. The molecule has 0 radical (unpaired) electrons. The van der Waals surface area contributed by atoms with Gasteiger partial charge in [-0.3, -0.25) is 4.79 Å². The number of carboxylic acids is 1. The zero-order chi connectivity index (χ0) is 19.3. The average Bonchev–Trinajstić information content (AvgIpc) is 3.04. The molecule has 0 aliphatic rings. The van der Waals surface area contributed by atoms with Gasteiger partial charge >= 0.3 is 5.97 Å². The summed E-state index contributed by atoms with van der Waals surface area (Å²) < 4.78 is 11.2. The Kier molecular flexibility index (Phi) is 6.03. The Labute approximate surface area is 153 Å². The van der Waals surface area contributed by atoms with Crippen LogP contribution in [0.15, 0.2) is 42.5 Å². The van der Waals surface area contributed by atoms with Crippen LogP contribution in [0.1, 0.15) is 20.0 Å². The number of aromatic carboxylic acids is 1. The summed E-state index contributed by atoms with van der Waals surface area (Å²) in [7, 11) is 3.10. The normalized spacial score (nSPS) is 9.92. The molecule has 3 rings (SSSR count). The number of carbonyl (C=O) groups excluding carboxylic acids is 1. The van der Waals surface area contributed by atoms with E-state index in [0.717, 1.165) is 10.1 Å². The number of anilines is 1. The third-order valence-electron chi connectivity index (χ3n) is 3.46. The maximum Gasteiger partial charge on any atom is 0.345 e. The molecule has 0 aliphatic heterocycles. The smallest absolute Gasteiger partial charge is 0.345 e. The minimum atomic E-state index is -0.917. The molecule has 26 heavy (non-hydrogen) atoms. The lowest BCUT2D eigenvalue weighted by Gasteiger charge is -2.06. The summed E-state index contributed by atoms with van der Waals surface area (Å²) in [4.78, 5) is 21.7. The molecule has 1 amide bonds. The molecular formula is C18H18N2O5S. The number of rotatable bonds is 4. The minimum Gasteiger partial charge on any atom is -0.493 e. The van der Waals surface area contributed by atoms with Crippen molar-refractivity contribution in [1.82, 2.24) is 0 Å². The highest BCUT2D eigenvalue weighted by Crippen LogP contribution is 2.36. The average molecular weight is 374 g/mol. The summed E-state index contributed by atoms with van der Waals surface area (Å²) in [5.74, 6) is -0.198. The topological polar surface area (TPSA) is 125 Å². The zero-order valence-corrected chi connectivity index (χ0v) is 15.0. The Morgan fingerprint density at radius 2 is 1.65 bits per heavy atom. The van der Waals surface area contributed by atoms with Gasteiger partial charge < -0.3 is 26.0 Å². The minimum absolute atomic E-state index is 0.310. The second kappa shape index (κ2) is 8.21. The van der Waals surface area contributed by atoms with E-state index in [9.17, 15) is 9.59 Å². The van der Waals surface area contributed by atoms with Gasteiger partial charge in [0, 0.05) is 16.5 Å². The fourth-order valence-corrected chi connectivity index (χ4v) is 3.10. The van der Waals surface area contributed by atoms with Crippen LogP contribution in [0, 0.1) is 0 Å². The van der Waals surface area contributed by atoms with Gasteiger partial charge in [0.2, 0.25) is 0 Å². The van der Waals surface area contributed by atoms with E-state index in [4.69, 9.17) is 26.0 Å². The lowest BCUT2D eigenvalue weighted by molar-refractivity contribution is 0.0702. The lowest BCUT2D eigenvalue weighted by atomic mass is 10.2. The van der Waals surface area contributed by atoms with E-state index in [0.29, 0.717) is 27.6 Å². The van der Waals surface area contributed by atoms with Crippen LogP contribution in [0.4, 0.5) is 5.69 Å². The molecule has 0 atom stereocenters. The highest BCUT2D eigenvalue weighted by molar-refractivity contribution is 7.20. The van der Waals surface area contributed by atoms with Gasteiger partial charge in [0.15, 0.2) is 11.5 Å². The van der Waals surface area contributed by atoms with Crippen LogP contribution in [-0.4, -0.2) is 31.2 Å². The van der Waals surface area contributed by atoms with E-state index in [2.05, 4.69) is 0 Å². The van der Waals surface area contributed by atoms with Crippen LogP contribution in [0.2, 0.25) is 0 Å². The molecular weight excluding hydrogens is 356 g/mol. The Hall–Kier alpha value is -3.26. The standard InChI is InChI=1S/C11H10O4S.C7H8N2O/c1-14-7-3-6-4-10(11(12)13)16-9(6)5-8(7)15-2;8-6-4-2-1-3-5(6)7(9)10/h3-5H,1-2H3,(H,12,13);1-4H,8H2,(H2,9,10). The second-order valence-corrected chi connectivity index (χ2v) is 6.20. The number of thiophene rings is 1. The van der Waals surface area contributed by atoms with Crippen LogP contribution >= 0.6 is 11.3 Å². The number of hydrogen-bond acceptors (Lipinski definition) is 6. The molecule has 0 spiro atoms. The van der Waals surface area contributed by atoms with E-state index in [1.807, 2.05) is 0 Å². The second-order valence-electron chi connectivity index (χ2n) is 5.11. The number of hydrogen-bond donors (Lipinski definition) is 3. The molecule has 3 aromatic rings. The molecule has 0 saturated heterocycles. The molecule has 0 bridgehead atoms. The predicted octanol–water partition coefficient (Wildman–Crippen LogP) is 2.98. The van der Waals surface area contributed by atoms with Gasteiger partial charge in [-0.05, 0) is 29.7 Å². The van der Waals surface area contributed by atoms with Crippen molar-refractivity contribution in [2.24, 2.45) is 5.73 Å². The van der Waals surface area contributed by atoms with Crippen LogP contribution in [0.25, 0.3) is 10.1 Å². The number of amides is 1. The third kappa shape index (κ3) is 4.22. The van der Waals surface area contributed by atoms with Crippen molar-refractivity contribution in [1.29, 1.82) is 0 Å². The Morgan fingerprint density at radius 3 is 2.15 bits per heavy atom. The quantitative estimate of drug-likeness (QED) is 0.603. The van der Waals surface area contributed by atoms with Gasteiger partial charge in [-0.2, -0.15) is 0 Å². The number of ether oxygens (including phenoxy) is 2. The first-order chi connectivity index (χ1) is 12.4. The first-order valence-electron chi connectivity index (χ1n) is 7.40. The van der Waals surface area contributed by atoms with Gasteiger partial charge in [-0.1, -0.05) is 12.1 Å². The number of primary amides is 1. The number of nitrogens with two attached hydrogens (primary N) is 2. The fourth-order valence-electron chi connectivity index (χ4n) is 2.19. The molecule has 0 fully saturated rings. The van der Waals surface area contributed by atoms with Crippen LogP contribution in [-0.2, 0) is 0 Å². The molecule has 0 unspecified atom stereocenters. The van der Waals surface area contributed by atoms with Crippen LogP contribution in [0.5, 0.6) is 11.5 Å². The molecule has 5 N–H and O–H groups in total. The van der Waals surface area contributed by atoms with Crippen LogP contribution < -0.4 is 20.9 Å². The SMILES string of the molecule is COc1cc2cc(C(=O)O)sc2cc1OC.NC(=O)c1ccccc1N. The van der Waals surface area contributed by atoms with Crippen molar-refractivity contribution in [3.05, 3.63) is 52.9 Å². The number of carbonyl (C=O) groups is 2. The Balaban J connectivity index is 0.000000209. The molecule has 1 aromatic heterocycles. The summed E-state index contributed by atoms with van der Waals surface area (Å²) in [5, 5.41) is 9.73. The van der Waals surface area contributed by atoms with Gasteiger partial charge in [0.05, 0.1) is 19.8 Å². The van der Waals surface area contributed by atoms with E-state index in [1.165, 1.54) is 11.3 Å². The number of methoxy groups -OCH3 is 2. The molecule has 2 aromatic carbocycles. The monoisotopic (exact) mass is 374 g/mol. The first kappa shape index (κ1) is 19.1. The maximum absolute atomic E-state index is 10.8. The molecule has 0 aliphatic carbocycles. The molecule has 1 heterocycles. The Bertz CT molecular complexity index is 911. The van der Waals surface area contributed by atoms with Crippen molar-refractivity contribution < 1.29 is 24.2 Å².